The number of hydrogen-bond donors (Lipinski definition) is 2. The van der Waals surface area contributed by atoms with Gasteiger partial charge in [-0.3, -0.25) is 4.31 Å². The summed E-state index contributed by atoms with van der Waals surface area (Å²) >= 11 is 0. The van der Waals surface area contributed by atoms with Crippen LogP contribution < -0.4 is 19.7 Å². The number of halogens is 2. The summed E-state index contributed by atoms with van der Waals surface area (Å²) < 4.78 is 58.2. The summed E-state index contributed by atoms with van der Waals surface area (Å²) in [4.78, 5) is 12.3. The lowest BCUT2D eigenvalue weighted by atomic mass is 10.0. The van der Waals surface area contributed by atoms with Gasteiger partial charge in [-0.05, 0) is 54.8 Å². The molecule has 2 amide bonds. The molecule has 0 aliphatic carbocycles. The average molecular weight is 423 g/mol. The van der Waals surface area contributed by atoms with Gasteiger partial charge in [-0.2, -0.15) is 0 Å². The topological polar surface area (TPSA) is 87.7 Å². The van der Waals surface area contributed by atoms with Crippen molar-refractivity contribution in [3.05, 3.63) is 53.6 Å². The van der Waals surface area contributed by atoms with E-state index in [-0.39, 0.29) is 42.1 Å². The van der Waals surface area contributed by atoms with E-state index < -0.39 is 21.9 Å². The molecule has 2 aliphatic heterocycles. The largest absolute Gasteiger partial charge is 0.491 e. The molecule has 10 heteroatoms. The maximum absolute atomic E-state index is 14.2. The number of nitrogens with zero attached hydrogens (tertiary/aromatic N) is 1. The zero-order valence-electron chi connectivity index (χ0n) is 15.3. The molecular formula is C19H19F2N3O4S. The van der Waals surface area contributed by atoms with Crippen molar-refractivity contribution in [3.63, 3.8) is 0 Å². The molecule has 7 nitrogen and oxygen atoms in total. The summed E-state index contributed by atoms with van der Waals surface area (Å²) in [6, 6.07) is 7.05. The highest BCUT2D eigenvalue weighted by atomic mass is 32.2. The molecule has 4 rings (SSSR count). The van der Waals surface area contributed by atoms with Gasteiger partial charge in [-0.15, -0.1) is 0 Å². The highest BCUT2D eigenvalue weighted by molar-refractivity contribution is 7.93. The highest BCUT2D eigenvalue weighted by Crippen LogP contribution is 2.29. The first-order valence-electron chi connectivity index (χ1n) is 9.10. The molecule has 0 bridgehead atoms. The van der Waals surface area contributed by atoms with E-state index in [2.05, 4.69) is 10.6 Å². The minimum atomic E-state index is -3.54. The summed E-state index contributed by atoms with van der Waals surface area (Å²) in [7, 11) is -3.54. The monoisotopic (exact) mass is 423 g/mol. The molecule has 2 N–H and O–H groups in total. The lowest BCUT2D eigenvalue weighted by molar-refractivity contribution is 0.222. The molecule has 0 spiro atoms. The lowest BCUT2D eigenvalue weighted by Gasteiger charge is -2.26. The highest BCUT2D eigenvalue weighted by Gasteiger charge is 2.30. The predicted octanol–water partition coefficient (Wildman–Crippen LogP) is 2.63. The molecular weight excluding hydrogens is 404 g/mol. The van der Waals surface area contributed by atoms with Gasteiger partial charge in [0.15, 0.2) is 0 Å². The van der Waals surface area contributed by atoms with E-state index in [1.165, 1.54) is 24.3 Å². The molecule has 1 unspecified atom stereocenters. The normalized spacial score (nSPS) is 19.9. The Kier molecular flexibility index (Phi) is 5.03. The predicted molar refractivity (Wildman–Crippen MR) is 104 cm³/mol. The van der Waals surface area contributed by atoms with Crippen LogP contribution in [0.2, 0.25) is 0 Å². The zero-order chi connectivity index (χ0) is 20.6. The van der Waals surface area contributed by atoms with Gasteiger partial charge in [0.05, 0.1) is 17.5 Å². The van der Waals surface area contributed by atoms with E-state index in [0.29, 0.717) is 24.2 Å². The van der Waals surface area contributed by atoms with E-state index >= 15 is 0 Å². The second-order valence-corrected chi connectivity index (χ2v) is 8.98. The molecule has 1 atom stereocenters. The fourth-order valence-corrected chi connectivity index (χ4v) is 5.06. The Hall–Kier alpha value is -2.88. The third-order valence-electron chi connectivity index (χ3n) is 4.84. The number of urea groups is 1. The van der Waals surface area contributed by atoms with E-state index in [1.807, 2.05) is 0 Å². The van der Waals surface area contributed by atoms with Crippen molar-refractivity contribution in [1.29, 1.82) is 0 Å². The Morgan fingerprint density at radius 1 is 1.17 bits per heavy atom. The minimum Gasteiger partial charge on any atom is -0.491 e. The standard InChI is InChI=1S/C19H19F2N3O4S/c20-13-2-5-18-12(8-13)9-15(11-28-18)23-19(25)22-14-3-4-16(21)17(10-14)24-6-1-7-29(24,26)27/h2-5,8,10,15H,1,6-7,9,11H2,(H2,22,23,25). The van der Waals surface area contributed by atoms with Crippen molar-refractivity contribution in [1.82, 2.24) is 5.32 Å². The summed E-state index contributed by atoms with van der Waals surface area (Å²) in [5, 5.41) is 5.30. The summed E-state index contributed by atoms with van der Waals surface area (Å²) in [5.41, 5.74) is 0.819. The van der Waals surface area contributed by atoms with Gasteiger partial charge in [0, 0.05) is 12.2 Å². The number of rotatable bonds is 3. The van der Waals surface area contributed by atoms with Gasteiger partial charge >= 0.3 is 6.03 Å². The van der Waals surface area contributed by atoms with Gasteiger partial charge in [0.1, 0.15) is 24.0 Å². The van der Waals surface area contributed by atoms with Gasteiger partial charge in [0.25, 0.3) is 0 Å². The van der Waals surface area contributed by atoms with Gasteiger partial charge in [-0.1, -0.05) is 0 Å². The van der Waals surface area contributed by atoms with Crippen LogP contribution in [0, 0.1) is 11.6 Å². The number of anilines is 2. The van der Waals surface area contributed by atoms with Gasteiger partial charge < -0.3 is 15.4 Å². The summed E-state index contributed by atoms with van der Waals surface area (Å²) in [5.74, 6) is -0.511. The van der Waals surface area contributed by atoms with Gasteiger partial charge in [-0.25, -0.2) is 22.0 Å². The molecule has 0 radical (unpaired) electrons. The SMILES string of the molecule is O=C(Nc1ccc(F)c(N2CCCS2(=O)=O)c1)NC1COc2ccc(F)cc2C1. The first-order valence-corrected chi connectivity index (χ1v) is 10.7. The first-order chi connectivity index (χ1) is 13.8. The number of benzene rings is 2. The number of ether oxygens (including phenoxy) is 1. The number of hydrogen-bond acceptors (Lipinski definition) is 4. The van der Waals surface area contributed by atoms with Gasteiger partial charge in [0.2, 0.25) is 10.0 Å². The third-order valence-corrected chi connectivity index (χ3v) is 6.69. The maximum Gasteiger partial charge on any atom is 0.319 e. The average Bonchev–Trinajstić information content (AvgIpc) is 3.02. The molecule has 1 fully saturated rings. The van der Waals surface area contributed by atoms with Crippen molar-refractivity contribution >= 4 is 27.4 Å². The van der Waals surface area contributed by atoms with Crippen molar-refractivity contribution in [3.8, 4) is 5.75 Å². The molecule has 154 valence electrons. The molecule has 29 heavy (non-hydrogen) atoms. The first kappa shape index (κ1) is 19.4. The molecule has 1 saturated heterocycles. The molecule has 2 heterocycles. The second-order valence-electron chi connectivity index (χ2n) is 6.97. The number of sulfonamides is 1. The maximum atomic E-state index is 14.2. The van der Waals surface area contributed by atoms with Crippen molar-refractivity contribution in [2.75, 3.05) is 28.5 Å². The van der Waals surface area contributed by atoms with Crippen LogP contribution in [-0.2, 0) is 16.4 Å². The van der Waals surface area contributed by atoms with E-state index in [4.69, 9.17) is 4.74 Å². The van der Waals surface area contributed by atoms with Crippen LogP contribution >= 0.6 is 0 Å². The van der Waals surface area contributed by atoms with Crippen LogP contribution in [0.4, 0.5) is 25.0 Å². The van der Waals surface area contributed by atoms with E-state index in [9.17, 15) is 22.0 Å². The number of carbonyl (C=O) groups excluding carboxylic acids is 1. The zero-order valence-corrected chi connectivity index (χ0v) is 16.1. The van der Waals surface area contributed by atoms with Crippen LogP contribution in [0.1, 0.15) is 12.0 Å². The Morgan fingerprint density at radius 2 is 2.00 bits per heavy atom. The molecule has 2 aliphatic rings. The Balaban J connectivity index is 1.43. The Labute approximate surface area is 166 Å². The summed E-state index contributed by atoms with van der Waals surface area (Å²) in [6.45, 7) is 0.428. The van der Waals surface area contributed by atoms with Crippen LogP contribution in [0.5, 0.6) is 5.75 Å². The molecule has 2 aromatic rings. The second kappa shape index (κ2) is 7.51. The fourth-order valence-electron chi connectivity index (χ4n) is 3.50. The van der Waals surface area contributed by atoms with Crippen LogP contribution in [-0.4, -0.2) is 39.4 Å². The Bertz CT molecular complexity index is 1060. The number of carbonyl (C=O) groups is 1. The Morgan fingerprint density at radius 3 is 2.76 bits per heavy atom. The molecule has 0 saturated carbocycles. The number of fused-ring (bicyclic) bond motifs is 1. The number of amides is 2. The van der Waals surface area contributed by atoms with Crippen molar-refractivity contribution in [2.24, 2.45) is 0 Å². The fraction of sp³-hybridized carbons (Fsp3) is 0.316. The summed E-state index contributed by atoms with van der Waals surface area (Å²) in [6.07, 6.45) is 0.824. The van der Waals surface area contributed by atoms with Crippen molar-refractivity contribution < 1.29 is 26.7 Å². The van der Waals surface area contributed by atoms with Crippen LogP contribution in [0.15, 0.2) is 36.4 Å². The van der Waals surface area contributed by atoms with Crippen LogP contribution in [0.3, 0.4) is 0 Å². The smallest absolute Gasteiger partial charge is 0.319 e. The van der Waals surface area contributed by atoms with Crippen LogP contribution in [0.25, 0.3) is 0 Å². The third kappa shape index (κ3) is 4.12. The number of nitrogens with one attached hydrogen (secondary N) is 2. The minimum absolute atomic E-state index is 0.0334. The lowest BCUT2D eigenvalue weighted by Crippen LogP contribution is -2.44. The van der Waals surface area contributed by atoms with E-state index in [0.717, 1.165) is 10.4 Å². The molecule has 2 aromatic carbocycles. The molecule has 0 aromatic heterocycles. The van der Waals surface area contributed by atoms with Crippen molar-refractivity contribution in [2.45, 2.75) is 18.9 Å². The quantitative estimate of drug-likeness (QED) is 0.795. The van der Waals surface area contributed by atoms with E-state index in [1.54, 1.807) is 6.07 Å².